The quantitative estimate of drug-likeness (QED) is 0.931. The molecule has 0 radical (unpaired) electrons. The van der Waals surface area contributed by atoms with Gasteiger partial charge in [-0.05, 0) is 50.0 Å². The van der Waals surface area contributed by atoms with Crippen LogP contribution in [0.25, 0.3) is 10.9 Å². The Kier molecular flexibility index (Phi) is 4.99. The van der Waals surface area contributed by atoms with Crippen molar-refractivity contribution in [3.63, 3.8) is 0 Å². The topological polar surface area (TPSA) is 51.4 Å². The van der Waals surface area contributed by atoms with Crippen LogP contribution in [0.4, 0.5) is 4.39 Å². The van der Waals surface area contributed by atoms with E-state index in [0.29, 0.717) is 22.0 Å². The molecule has 0 aliphatic carbocycles. The van der Waals surface area contributed by atoms with Crippen molar-refractivity contribution in [2.45, 2.75) is 25.3 Å². The van der Waals surface area contributed by atoms with Gasteiger partial charge in [-0.3, -0.25) is 4.98 Å². The lowest BCUT2D eigenvalue weighted by Gasteiger charge is -2.30. The van der Waals surface area contributed by atoms with E-state index in [2.05, 4.69) is 9.88 Å². The molecule has 1 aliphatic rings. The number of hydrogen-bond acceptors (Lipinski definition) is 4. The fourth-order valence-electron chi connectivity index (χ4n) is 3.16. The van der Waals surface area contributed by atoms with E-state index < -0.39 is 5.82 Å². The van der Waals surface area contributed by atoms with Gasteiger partial charge in [0.1, 0.15) is 0 Å². The Morgan fingerprint density at radius 3 is 2.83 bits per heavy atom. The van der Waals surface area contributed by atoms with Gasteiger partial charge in [-0.2, -0.15) is 0 Å². The van der Waals surface area contributed by atoms with Gasteiger partial charge in [-0.15, -0.1) is 0 Å². The predicted octanol–water partition coefficient (Wildman–Crippen LogP) is 3.00. The Hall–Kier alpha value is -1.43. The van der Waals surface area contributed by atoms with Crippen LogP contribution in [0.2, 0.25) is 5.02 Å². The SMILES string of the molecule is COc1c(F)ccc2ncc(Cl)c(CCN3CCC(N)CC3)c12. The Morgan fingerprint density at radius 1 is 1.39 bits per heavy atom. The van der Waals surface area contributed by atoms with Crippen LogP contribution >= 0.6 is 11.6 Å². The second-order valence-corrected chi connectivity index (χ2v) is 6.40. The van der Waals surface area contributed by atoms with Gasteiger partial charge in [0, 0.05) is 18.8 Å². The van der Waals surface area contributed by atoms with Crippen molar-refractivity contribution in [1.29, 1.82) is 0 Å². The number of likely N-dealkylation sites (tertiary alicyclic amines) is 1. The summed E-state index contributed by atoms with van der Waals surface area (Å²) in [6.45, 7) is 2.85. The molecule has 1 fully saturated rings. The third-order valence-electron chi connectivity index (χ3n) is 4.51. The van der Waals surface area contributed by atoms with Crippen LogP contribution in [0.5, 0.6) is 5.75 Å². The molecule has 0 atom stereocenters. The molecule has 1 aliphatic heterocycles. The first-order chi connectivity index (χ1) is 11.1. The Morgan fingerprint density at radius 2 is 2.13 bits per heavy atom. The Bertz CT molecular complexity index is 697. The summed E-state index contributed by atoms with van der Waals surface area (Å²) in [5.41, 5.74) is 7.53. The van der Waals surface area contributed by atoms with Crippen molar-refractivity contribution in [1.82, 2.24) is 9.88 Å². The van der Waals surface area contributed by atoms with Gasteiger partial charge in [-0.25, -0.2) is 4.39 Å². The fraction of sp³-hybridized carbons (Fsp3) is 0.471. The molecule has 2 aromatic rings. The maximum Gasteiger partial charge on any atom is 0.165 e. The molecule has 23 heavy (non-hydrogen) atoms. The molecule has 1 aromatic carbocycles. The molecule has 0 amide bonds. The fourth-order valence-corrected chi connectivity index (χ4v) is 3.40. The Labute approximate surface area is 140 Å². The van der Waals surface area contributed by atoms with Crippen LogP contribution in [0.1, 0.15) is 18.4 Å². The van der Waals surface area contributed by atoms with Gasteiger partial charge in [0.2, 0.25) is 0 Å². The van der Waals surface area contributed by atoms with E-state index >= 15 is 0 Å². The summed E-state index contributed by atoms with van der Waals surface area (Å²) >= 11 is 6.35. The highest BCUT2D eigenvalue weighted by Gasteiger charge is 2.19. The molecule has 6 heteroatoms. The number of nitrogens with zero attached hydrogens (tertiary/aromatic N) is 2. The average molecular weight is 338 g/mol. The highest BCUT2D eigenvalue weighted by atomic mass is 35.5. The minimum atomic E-state index is -0.394. The number of pyridine rings is 1. The number of hydrogen-bond donors (Lipinski definition) is 1. The summed E-state index contributed by atoms with van der Waals surface area (Å²) in [6, 6.07) is 3.34. The van der Waals surface area contributed by atoms with Crippen molar-refractivity contribution >= 4 is 22.5 Å². The molecule has 4 nitrogen and oxygen atoms in total. The molecule has 1 aromatic heterocycles. The first-order valence-electron chi connectivity index (χ1n) is 7.87. The maximum absolute atomic E-state index is 14.0. The average Bonchev–Trinajstić information content (AvgIpc) is 2.55. The molecule has 2 N–H and O–H groups in total. The van der Waals surface area contributed by atoms with E-state index in [0.717, 1.165) is 44.5 Å². The smallest absolute Gasteiger partial charge is 0.165 e. The summed E-state index contributed by atoms with van der Waals surface area (Å²) in [5.74, 6) is -0.178. The molecule has 0 bridgehead atoms. The van der Waals surface area contributed by atoms with Crippen LogP contribution < -0.4 is 10.5 Å². The van der Waals surface area contributed by atoms with Crippen LogP contribution in [0.15, 0.2) is 18.3 Å². The predicted molar refractivity (Wildman–Crippen MR) is 90.6 cm³/mol. The number of halogens is 2. The van der Waals surface area contributed by atoms with Gasteiger partial charge in [0.05, 0.1) is 23.0 Å². The van der Waals surface area contributed by atoms with E-state index in [1.54, 1.807) is 12.3 Å². The van der Waals surface area contributed by atoms with Crippen molar-refractivity contribution in [2.75, 3.05) is 26.7 Å². The minimum absolute atomic E-state index is 0.216. The van der Waals surface area contributed by atoms with Crippen molar-refractivity contribution in [2.24, 2.45) is 5.73 Å². The van der Waals surface area contributed by atoms with Crippen molar-refractivity contribution in [3.05, 3.63) is 34.7 Å². The molecule has 1 saturated heterocycles. The molecule has 0 saturated carbocycles. The molecular formula is C17H21ClFN3O. The summed E-state index contributed by atoms with van der Waals surface area (Å²) in [5, 5.41) is 1.23. The van der Waals surface area contributed by atoms with Gasteiger partial charge in [0.15, 0.2) is 11.6 Å². The summed E-state index contributed by atoms with van der Waals surface area (Å²) in [7, 11) is 1.47. The first-order valence-corrected chi connectivity index (χ1v) is 8.25. The second kappa shape index (κ2) is 6.99. The normalized spacial score (nSPS) is 16.9. The van der Waals surface area contributed by atoms with E-state index in [1.807, 2.05) is 0 Å². The Balaban J connectivity index is 1.90. The number of rotatable bonds is 4. The highest BCUT2D eigenvalue weighted by molar-refractivity contribution is 6.32. The lowest BCUT2D eigenvalue weighted by atomic mass is 10.0. The van der Waals surface area contributed by atoms with Gasteiger partial charge in [-0.1, -0.05) is 11.6 Å². The summed E-state index contributed by atoms with van der Waals surface area (Å²) in [4.78, 5) is 6.66. The van der Waals surface area contributed by atoms with Gasteiger partial charge >= 0.3 is 0 Å². The molecule has 0 spiro atoms. The van der Waals surface area contributed by atoms with Crippen molar-refractivity contribution < 1.29 is 9.13 Å². The molecule has 2 heterocycles. The largest absolute Gasteiger partial charge is 0.493 e. The molecule has 0 unspecified atom stereocenters. The monoisotopic (exact) mass is 337 g/mol. The molecule has 124 valence electrons. The number of aromatic nitrogens is 1. The second-order valence-electron chi connectivity index (χ2n) is 5.99. The third-order valence-corrected chi connectivity index (χ3v) is 4.83. The van der Waals surface area contributed by atoms with E-state index in [-0.39, 0.29) is 5.75 Å². The molecular weight excluding hydrogens is 317 g/mol. The lowest BCUT2D eigenvalue weighted by molar-refractivity contribution is 0.216. The van der Waals surface area contributed by atoms with Crippen LogP contribution in [0, 0.1) is 5.82 Å². The third kappa shape index (κ3) is 3.42. The first kappa shape index (κ1) is 16.4. The van der Waals surface area contributed by atoms with E-state index in [1.165, 1.54) is 13.2 Å². The number of ether oxygens (including phenoxy) is 1. The maximum atomic E-state index is 14.0. The van der Waals surface area contributed by atoms with Gasteiger partial charge in [0.25, 0.3) is 0 Å². The standard InChI is InChI=1S/C17H21ClFN3O/c1-23-17-14(19)2-3-15-16(17)12(13(18)10-21-15)6-9-22-7-4-11(20)5-8-22/h2-3,10-11H,4-9,20H2,1H3. The molecule has 3 rings (SSSR count). The minimum Gasteiger partial charge on any atom is -0.493 e. The van der Waals surface area contributed by atoms with Gasteiger partial charge < -0.3 is 15.4 Å². The zero-order chi connectivity index (χ0) is 16.4. The van der Waals surface area contributed by atoms with E-state index in [9.17, 15) is 4.39 Å². The summed E-state index contributed by atoms with van der Waals surface area (Å²) in [6.07, 6.45) is 4.39. The zero-order valence-corrected chi connectivity index (χ0v) is 13.9. The van der Waals surface area contributed by atoms with Crippen LogP contribution in [-0.2, 0) is 6.42 Å². The highest BCUT2D eigenvalue weighted by Crippen LogP contribution is 2.34. The summed E-state index contributed by atoms with van der Waals surface area (Å²) < 4.78 is 19.3. The zero-order valence-electron chi connectivity index (χ0n) is 13.2. The van der Waals surface area contributed by atoms with E-state index in [4.69, 9.17) is 22.1 Å². The van der Waals surface area contributed by atoms with Crippen molar-refractivity contribution in [3.8, 4) is 5.75 Å². The van der Waals surface area contributed by atoms with Crippen LogP contribution in [-0.4, -0.2) is 42.7 Å². The number of methoxy groups -OCH3 is 1. The van der Waals surface area contributed by atoms with Crippen LogP contribution in [0.3, 0.4) is 0 Å². The number of fused-ring (bicyclic) bond motifs is 1. The number of nitrogens with two attached hydrogens (primary N) is 1. The lowest BCUT2D eigenvalue weighted by Crippen LogP contribution is -2.40. The number of piperidine rings is 1. The number of benzene rings is 1.